The highest BCUT2D eigenvalue weighted by molar-refractivity contribution is 5.79. The lowest BCUT2D eigenvalue weighted by molar-refractivity contribution is 0.147. The van der Waals surface area contributed by atoms with Gasteiger partial charge >= 0.3 is 0 Å². The van der Waals surface area contributed by atoms with Gasteiger partial charge in [0.1, 0.15) is 0 Å². The van der Waals surface area contributed by atoms with Crippen LogP contribution >= 0.6 is 0 Å². The minimum absolute atomic E-state index is 0.650. The summed E-state index contributed by atoms with van der Waals surface area (Å²) in [6.45, 7) is 10.9. The van der Waals surface area contributed by atoms with Gasteiger partial charge in [0.25, 0.3) is 0 Å². The van der Waals surface area contributed by atoms with Crippen LogP contribution in [0.3, 0.4) is 0 Å². The standard InChI is InChI=1S/C11H23N3/c1-4-5-11(12)14-8-6-13(7-9-14)10(2)3/h10,12H,4-9H2,1-3H3. The zero-order valence-corrected chi connectivity index (χ0v) is 9.71. The first-order chi connectivity index (χ1) is 6.65. The first kappa shape index (κ1) is 11.5. The predicted molar refractivity (Wildman–Crippen MR) is 60.9 cm³/mol. The van der Waals surface area contributed by atoms with Gasteiger partial charge < -0.3 is 4.90 Å². The lowest BCUT2D eigenvalue weighted by Crippen LogP contribution is -2.50. The van der Waals surface area contributed by atoms with Gasteiger partial charge in [0.15, 0.2) is 0 Å². The average molecular weight is 197 g/mol. The molecule has 3 nitrogen and oxygen atoms in total. The molecular weight excluding hydrogens is 174 g/mol. The van der Waals surface area contributed by atoms with E-state index in [0.29, 0.717) is 6.04 Å². The highest BCUT2D eigenvalue weighted by Gasteiger charge is 2.19. The smallest absolute Gasteiger partial charge is 0.0958 e. The molecule has 0 aromatic heterocycles. The Morgan fingerprint density at radius 1 is 1.21 bits per heavy atom. The molecule has 1 aliphatic rings. The Hall–Kier alpha value is -0.570. The van der Waals surface area contributed by atoms with Gasteiger partial charge in [0, 0.05) is 38.6 Å². The van der Waals surface area contributed by atoms with E-state index in [1.807, 2.05) is 0 Å². The average Bonchev–Trinajstić information content (AvgIpc) is 2.18. The topological polar surface area (TPSA) is 30.3 Å². The molecule has 0 bridgehead atoms. The van der Waals surface area contributed by atoms with Crippen molar-refractivity contribution in [1.82, 2.24) is 9.80 Å². The summed E-state index contributed by atoms with van der Waals surface area (Å²) in [6.07, 6.45) is 2.02. The van der Waals surface area contributed by atoms with Crippen LogP contribution in [0.2, 0.25) is 0 Å². The van der Waals surface area contributed by atoms with Crippen LogP contribution in [-0.4, -0.2) is 47.9 Å². The van der Waals surface area contributed by atoms with Crippen molar-refractivity contribution in [2.45, 2.75) is 39.7 Å². The van der Waals surface area contributed by atoms with Gasteiger partial charge in [-0.05, 0) is 20.3 Å². The fraction of sp³-hybridized carbons (Fsp3) is 0.909. The lowest BCUT2D eigenvalue weighted by atomic mass is 10.2. The van der Waals surface area contributed by atoms with Crippen molar-refractivity contribution < 1.29 is 0 Å². The van der Waals surface area contributed by atoms with E-state index in [1.54, 1.807) is 0 Å². The second-order valence-electron chi connectivity index (χ2n) is 4.31. The monoisotopic (exact) mass is 197 g/mol. The molecule has 0 amide bonds. The molecule has 0 aromatic carbocycles. The molecule has 14 heavy (non-hydrogen) atoms. The first-order valence-electron chi connectivity index (χ1n) is 5.71. The number of hydrogen-bond acceptors (Lipinski definition) is 2. The number of nitrogens with one attached hydrogen (secondary N) is 1. The quantitative estimate of drug-likeness (QED) is 0.552. The van der Waals surface area contributed by atoms with Gasteiger partial charge in [-0.25, -0.2) is 0 Å². The third-order valence-corrected chi connectivity index (χ3v) is 2.91. The summed E-state index contributed by atoms with van der Waals surface area (Å²) >= 11 is 0. The Balaban J connectivity index is 2.31. The normalized spacial score (nSPS) is 19.0. The van der Waals surface area contributed by atoms with Crippen molar-refractivity contribution in [3.8, 4) is 0 Å². The summed E-state index contributed by atoms with van der Waals surface area (Å²) in [4.78, 5) is 4.71. The van der Waals surface area contributed by atoms with Gasteiger partial charge in [-0.3, -0.25) is 10.3 Å². The van der Waals surface area contributed by atoms with Crippen LogP contribution in [0.25, 0.3) is 0 Å². The number of piperazine rings is 1. The van der Waals surface area contributed by atoms with Crippen molar-refractivity contribution >= 4 is 5.84 Å². The van der Waals surface area contributed by atoms with Crippen molar-refractivity contribution in [1.29, 1.82) is 5.41 Å². The Kier molecular flexibility index (Phi) is 4.39. The number of amidine groups is 1. The van der Waals surface area contributed by atoms with Crippen molar-refractivity contribution in [3.63, 3.8) is 0 Å². The maximum Gasteiger partial charge on any atom is 0.0958 e. The third kappa shape index (κ3) is 2.98. The van der Waals surface area contributed by atoms with Crippen molar-refractivity contribution in [3.05, 3.63) is 0 Å². The Bertz CT molecular complexity index is 181. The molecular formula is C11H23N3. The number of nitrogens with zero attached hydrogens (tertiary/aromatic N) is 2. The molecule has 1 heterocycles. The van der Waals surface area contributed by atoms with Crippen LogP contribution < -0.4 is 0 Å². The van der Waals surface area contributed by atoms with Crippen LogP contribution in [0.4, 0.5) is 0 Å². The maximum atomic E-state index is 7.86. The van der Waals surface area contributed by atoms with Gasteiger partial charge in [0.2, 0.25) is 0 Å². The minimum Gasteiger partial charge on any atom is -0.358 e. The highest BCUT2D eigenvalue weighted by atomic mass is 15.3. The molecule has 0 spiro atoms. The van der Waals surface area contributed by atoms with E-state index in [1.165, 1.54) is 0 Å². The number of rotatable bonds is 3. The second-order valence-corrected chi connectivity index (χ2v) is 4.31. The van der Waals surface area contributed by atoms with E-state index in [2.05, 4.69) is 30.6 Å². The van der Waals surface area contributed by atoms with E-state index in [0.717, 1.165) is 44.9 Å². The summed E-state index contributed by atoms with van der Waals surface area (Å²) in [5.74, 6) is 0.830. The first-order valence-corrected chi connectivity index (χ1v) is 5.71. The molecule has 82 valence electrons. The van der Waals surface area contributed by atoms with E-state index in [-0.39, 0.29) is 0 Å². The fourth-order valence-corrected chi connectivity index (χ4v) is 1.90. The van der Waals surface area contributed by atoms with Crippen molar-refractivity contribution in [2.24, 2.45) is 0 Å². The Morgan fingerprint density at radius 3 is 2.21 bits per heavy atom. The van der Waals surface area contributed by atoms with Crippen LogP contribution in [0.15, 0.2) is 0 Å². The van der Waals surface area contributed by atoms with Crippen LogP contribution in [0, 0.1) is 5.41 Å². The van der Waals surface area contributed by atoms with E-state index < -0.39 is 0 Å². The zero-order chi connectivity index (χ0) is 10.6. The summed E-state index contributed by atoms with van der Waals surface area (Å²) in [5.41, 5.74) is 0. The molecule has 1 aliphatic heterocycles. The summed E-state index contributed by atoms with van der Waals surface area (Å²) in [6, 6.07) is 0.650. The third-order valence-electron chi connectivity index (χ3n) is 2.91. The molecule has 3 heteroatoms. The number of hydrogen-bond donors (Lipinski definition) is 1. The summed E-state index contributed by atoms with van der Waals surface area (Å²) in [5, 5.41) is 7.86. The molecule has 0 aromatic rings. The molecule has 1 saturated heterocycles. The Morgan fingerprint density at radius 2 is 1.79 bits per heavy atom. The minimum atomic E-state index is 0.650. The summed E-state index contributed by atoms with van der Waals surface area (Å²) in [7, 11) is 0. The van der Waals surface area contributed by atoms with Crippen molar-refractivity contribution in [2.75, 3.05) is 26.2 Å². The molecule has 0 unspecified atom stereocenters. The van der Waals surface area contributed by atoms with Gasteiger partial charge in [-0.2, -0.15) is 0 Å². The van der Waals surface area contributed by atoms with Crippen LogP contribution in [0.5, 0.6) is 0 Å². The molecule has 1 fully saturated rings. The highest BCUT2D eigenvalue weighted by Crippen LogP contribution is 2.07. The van der Waals surface area contributed by atoms with Crippen LogP contribution in [-0.2, 0) is 0 Å². The zero-order valence-electron chi connectivity index (χ0n) is 9.71. The summed E-state index contributed by atoms with van der Waals surface area (Å²) < 4.78 is 0. The molecule has 0 saturated carbocycles. The maximum absolute atomic E-state index is 7.86. The van der Waals surface area contributed by atoms with Crippen LogP contribution in [0.1, 0.15) is 33.6 Å². The second kappa shape index (κ2) is 5.35. The largest absolute Gasteiger partial charge is 0.358 e. The van der Waals surface area contributed by atoms with Gasteiger partial charge in [0.05, 0.1) is 5.84 Å². The molecule has 0 atom stereocenters. The van der Waals surface area contributed by atoms with E-state index in [4.69, 9.17) is 5.41 Å². The predicted octanol–water partition coefficient (Wildman–Crippen LogP) is 1.79. The van der Waals surface area contributed by atoms with Gasteiger partial charge in [-0.15, -0.1) is 0 Å². The fourth-order valence-electron chi connectivity index (χ4n) is 1.90. The molecule has 0 aliphatic carbocycles. The lowest BCUT2D eigenvalue weighted by Gasteiger charge is -2.38. The SMILES string of the molecule is CCCC(=N)N1CCN(C(C)C)CC1. The molecule has 1 N–H and O–H groups in total. The Labute approximate surface area is 87.6 Å². The van der Waals surface area contributed by atoms with E-state index in [9.17, 15) is 0 Å². The molecule has 1 rings (SSSR count). The van der Waals surface area contributed by atoms with E-state index >= 15 is 0 Å². The molecule has 0 radical (unpaired) electrons. The van der Waals surface area contributed by atoms with Gasteiger partial charge in [-0.1, -0.05) is 6.92 Å².